The summed E-state index contributed by atoms with van der Waals surface area (Å²) in [5, 5.41) is 0. The molecule has 1 saturated heterocycles. The number of rotatable bonds is 6. The number of aromatic amines is 1. The van der Waals surface area contributed by atoms with Gasteiger partial charge in [-0.3, -0.25) is 23.9 Å². The van der Waals surface area contributed by atoms with E-state index in [1.54, 1.807) is 20.8 Å². The number of carbonyl (C=O) groups excluding carboxylic acids is 2. The number of ether oxygens (including phenoxy) is 3. The second-order valence-electron chi connectivity index (χ2n) is 5.74. The van der Waals surface area contributed by atoms with Gasteiger partial charge in [-0.25, -0.2) is 4.79 Å². The minimum Gasteiger partial charge on any atom is -0.465 e. The smallest absolute Gasteiger partial charge is 0.330 e. The van der Waals surface area contributed by atoms with Crippen molar-refractivity contribution in [3.05, 3.63) is 33.1 Å². The molecule has 0 aromatic carbocycles. The molecular formula is C16H22N2O7. The van der Waals surface area contributed by atoms with Crippen LogP contribution in [-0.4, -0.2) is 40.8 Å². The molecule has 1 aliphatic rings. The summed E-state index contributed by atoms with van der Waals surface area (Å²) in [6, 6.07) is 1.18. The molecule has 1 aliphatic heterocycles. The molecule has 1 aromatic heterocycles. The standard InChI is InChI=1S/C16H22N2O7/c1-4-23-14(20)12(15(21)24-5-2)10-8-9(3)25-13(10)18-7-6-11(19)17-16(18)22/h6-7,9-10,12-13H,4-5,8H2,1-3H3,(H,17,19,22)/t9-,10+,13-/m1/s1. The maximum Gasteiger partial charge on any atom is 0.330 e. The van der Waals surface area contributed by atoms with Crippen molar-refractivity contribution in [2.75, 3.05) is 13.2 Å². The van der Waals surface area contributed by atoms with Gasteiger partial charge < -0.3 is 14.2 Å². The second-order valence-corrected chi connectivity index (χ2v) is 5.74. The Morgan fingerprint density at radius 2 is 1.88 bits per heavy atom. The van der Waals surface area contributed by atoms with Crippen molar-refractivity contribution in [2.24, 2.45) is 11.8 Å². The van der Waals surface area contributed by atoms with Gasteiger partial charge in [0.15, 0.2) is 5.92 Å². The predicted molar refractivity (Wildman–Crippen MR) is 85.8 cm³/mol. The highest BCUT2D eigenvalue weighted by Crippen LogP contribution is 2.39. The van der Waals surface area contributed by atoms with Gasteiger partial charge in [-0.15, -0.1) is 0 Å². The number of hydrogen-bond acceptors (Lipinski definition) is 7. The predicted octanol–water partition coefficient (Wildman–Crippen LogP) is 0.203. The highest BCUT2D eigenvalue weighted by atomic mass is 16.6. The van der Waals surface area contributed by atoms with Crippen LogP contribution in [0.1, 0.15) is 33.4 Å². The van der Waals surface area contributed by atoms with Crippen LogP contribution in [0.3, 0.4) is 0 Å². The quantitative estimate of drug-likeness (QED) is 0.573. The summed E-state index contributed by atoms with van der Waals surface area (Å²) >= 11 is 0. The Balaban J connectivity index is 2.42. The van der Waals surface area contributed by atoms with Crippen LogP contribution in [0.4, 0.5) is 0 Å². The van der Waals surface area contributed by atoms with Crippen LogP contribution in [0.2, 0.25) is 0 Å². The summed E-state index contributed by atoms with van der Waals surface area (Å²) in [6.45, 7) is 5.27. The van der Waals surface area contributed by atoms with E-state index in [0.29, 0.717) is 6.42 Å². The zero-order chi connectivity index (χ0) is 18.6. The van der Waals surface area contributed by atoms with Crippen LogP contribution in [0, 0.1) is 11.8 Å². The lowest BCUT2D eigenvalue weighted by molar-refractivity contribution is -0.167. The monoisotopic (exact) mass is 354 g/mol. The van der Waals surface area contributed by atoms with Gasteiger partial charge in [0, 0.05) is 18.2 Å². The van der Waals surface area contributed by atoms with Crippen LogP contribution < -0.4 is 11.2 Å². The van der Waals surface area contributed by atoms with E-state index in [9.17, 15) is 19.2 Å². The molecule has 1 N–H and O–H groups in total. The molecule has 0 saturated carbocycles. The number of H-pyrrole nitrogens is 1. The van der Waals surface area contributed by atoms with Crippen LogP contribution in [0.25, 0.3) is 0 Å². The molecule has 9 heteroatoms. The van der Waals surface area contributed by atoms with Crippen LogP contribution in [-0.2, 0) is 23.8 Å². The molecule has 0 spiro atoms. The normalized spacial score (nSPS) is 22.8. The lowest BCUT2D eigenvalue weighted by atomic mass is 9.88. The Morgan fingerprint density at radius 3 is 2.40 bits per heavy atom. The summed E-state index contributed by atoms with van der Waals surface area (Å²) in [4.78, 5) is 50.2. The van der Waals surface area contributed by atoms with Crippen LogP contribution in [0.5, 0.6) is 0 Å². The molecule has 3 atom stereocenters. The fourth-order valence-corrected chi connectivity index (χ4v) is 3.00. The van der Waals surface area contributed by atoms with Crippen molar-refractivity contribution in [3.8, 4) is 0 Å². The van der Waals surface area contributed by atoms with E-state index < -0.39 is 41.3 Å². The van der Waals surface area contributed by atoms with Crippen LogP contribution in [0.15, 0.2) is 21.9 Å². The molecular weight excluding hydrogens is 332 g/mol. The van der Waals surface area contributed by atoms with Gasteiger partial charge in [-0.05, 0) is 27.2 Å². The molecule has 0 unspecified atom stereocenters. The molecule has 2 rings (SSSR count). The average molecular weight is 354 g/mol. The number of nitrogens with one attached hydrogen (secondary N) is 1. The molecule has 0 radical (unpaired) electrons. The number of aromatic nitrogens is 2. The minimum atomic E-state index is -1.21. The van der Waals surface area contributed by atoms with Crippen molar-refractivity contribution in [1.82, 2.24) is 9.55 Å². The molecule has 0 aliphatic carbocycles. The molecule has 0 amide bonds. The van der Waals surface area contributed by atoms with Gasteiger partial charge in [-0.2, -0.15) is 0 Å². The van der Waals surface area contributed by atoms with Crippen molar-refractivity contribution in [2.45, 2.75) is 39.5 Å². The fourth-order valence-electron chi connectivity index (χ4n) is 3.00. The van der Waals surface area contributed by atoms with Gasteiger partial charge in [0.25, 0.3) is 5.56 Å². The largest absolute Gasteiger partial charge is 0.465 e. The number of nitrogens with zero attached hydrogens (tertiary/aromatic N) is 1. The summed E-state index contributed by atoms with van der Waals surface area (Å²) in [6.07, 6.45) is 0.460. The van der Waals surface area contributed by atoms with E-state index in [-0.39, 0.29) is 19.3 Å². The first kappa shape index (κ1) is 18.9. The molecule has 1 aromatic rings. The van der Waals surface area contributed by atoms with Crippen molar-refractivity contribution < 1.29 is 23.8 Å². The molecule has 0 bridgehead atoms. The van der Waals surface area contributed by atoms with Crippen molar-refractivity contribution in [1.29, 1.82) is 0 Å². The van der Waals surface area contributed by atoms with Crippen molar-refractivity contribution in [3.63, 3.8) is 0 Å². The maximum atomic E-state index is 12.3. The Bertz CT molecular complexity index is 720. The fraction of sp³-hybridized carbons (Fsp3) is 0.625. The highest BCUT2D eigenvalue weighted by Gasteiger charge is 2.47. The maximum absolute atomic E-state index is 12.3. The zero-order valence-electron chi connectivity index (χ0n) is 14.4. The summed E-state index contributed by atoms with van der Waals surface area (Å²) in [5.74, 6) is -3.30. The molecule has 9 nitrogen and oxygen atoms in total. The Hall–Kier alpha value is -2.42. The number of carbonyl (C=O) groups is 2. The third-order valence-electron chi connectivity index (χ3n) is 3.98. The van der Waals surface area contributed by atoms with E-state index in [1.165, 1.54) is 16.8 Å². The van der Waals surface area contributed by atoms with Gasteiger partial charge in [-0.1, -0.05) is 0 Å². The number of esters is 2. The third kappa shape index (κ3) is 4.16. The minimum absolute atomic E-state index is 0.112. The first-order chi connectivity index (χ1) is 11.9. The molecule has 138 valence electrons. The lowest BCUT2D eigenvalue weighted by Crippen LogP contribution is -2.40. The molecule has 25 heavy (non-hydrogen) atoms. The van der Waals surface area contributed by atoms with E-state index in [0.717, 1.165) is 0 Å². The van der Waals surface area contributed by atoms with E-state index in [2.05, 4.69) is 4.98 Å². The van der Waals surface area contributed by atoms with Gasteiger partial charge in [0.2, 0.25) is 0 Å². The van der Waals surface area contributed by atoms with Crippen molar-refractivity contribution >= 4 is 11.9 Å². The van der Waals surface area contributed by atoms with E-state index >= 15 is 0 Å². The lowest BCUT2D eigenvalue weighted by Gasteiger charge is -2.25. The first-order valence-electron chi connectivity index (χ1n) is 8.19. The Kier molecular flexibility index (Phi) is 6.13. The zero-order valence-corrected chi connectivity index (χ0v) is 14.4. The third-order valence-corrected chi connectivity index (χ3v) is 3.98. The van der Waals surface area contributed by atoms with Crippen LogP contribution >= 0.6 is 0 Å². The Labute approximate surface area is 143 Å². The summed E-state index contributed by atoms with van der Waals surface area (Å²) < 4.78 is 16.9. The summed E-state index contributed by atoms with van der Waals surface area (Å²) in [5.41, 5.74) is -1.22. The molecule has 1 fully saturated rings. The SMILES string of the molecule is CCOC(=O)C(C(=O)OCC)[C@@H]1C[C@@H](C)O[C@H]1n1ccc(=O)[nH]c1=O. The van der Waals surface area contributed by atoms with Gasteiger partial charge in [0.1, 0.15) is 6.23 Å². The summed E-state index contributed by atoms with van der Waals surface area (Å²) in [7, 11) is 0. The first-order valence-corrected chi connectivity index (χ1v) is 8.19. The second kappa shape index (κ2) is 8.11. The number of hydrogen-bond donors (Lipinski definition) is 1. The Morgan fingerprint density at radius 1 is 1.28 bits per heavy atom. The molecule has 2 heterocycles. The highest BCUT2D eigenvalue weighted by molar-refractivity contribution is 5.95. The topological polar surface area (TPSA) is 117 Å². The average Bonchev–Trinajstić information content (AvgIpc) is 2.89. The van der Waals surface area contributed by atoms with Gasteiger partial charge >= 0.3 is 17.6 Å². The van der Waals surface area contributed by atoms with E-state index in [1.807, 2.05) is 0 Å². The van der Waals surface area contributed by atoms with E-state index in [4.69, 9.17) is 14.2 Å². The van der Waals surface area contributed by atoms with Gasteiger partial charge in [0.05, 0.1) is 19.3 Å².